The van der Waals surface area contributed by atoms with E-state index in [1.54, 1.807) is 22.8 Å². The molecule has 1 aromatic carbocycles. The van der Waals surface area contributed by atoms with Crippen molar-refractivity contribution in [1.29, 1.82) is 0 Å². The summed E-state index contributed by atoms with van der Waals surface area (Å²) in [5.41, 5.74) is 3.45. The van der Waals surface area contributed by atoms with Gasteiger partial charge in [0.2, 0.25) is 0 Å². The number of benzene rings is 1. The number of H-pyrrole nitrogens is 1. The third kappa shape index (κ3) is 3.87. The molecule has 0 radical (unpaired) electrons. The summed E-state index contributed by atoms with van der Waals surface area (Å²) in [4.78, 5) is 27.8. The Labute approximate surface area is 152 Å². The van der Waals surface area contributed by atoms with E-state index in [2.05, 4.69) is 29.3 Å². The van der Waals surface area contributed by atoms with E-state index in [4.69, 9.17) is 4.74 Å². The van der Waals surface area contributed by atoms with Crippen LogP contribution in [0.15, 0.2) is 30.3 Å². The predicted octanol–water partition coefficient (Wildman–Crippen LogP) is 2.55. The van der Waals surface area contributed by atoms with Gasteiger partial charge in [-0.2, -0.15) is 5.10 Å². The smallest absolute Gasteiger partial charge is 0.409 e. The molecule has 1 aliphatic heterocycles. The van der Waals surface area contributed by atoms with Crippen LogP contribution in [-0.2, 0) is 11.2 Å². The van der Waals surface area contributed by atoms with Crippen LogP contribution in [0.5, 0.6) is 0 Å². The number of aromatic amines is 1. The van der Waals surface area contributed by atoms with Crippen LogP contribution in [0, 0.1) is 0 Å². The van der Waals surface area contributed by atoms with Crippen molar-refractivity contribution in [3.05, 3.63) is 41.6 Å². The van der Waals surface area contributed by atoms with Gasteiger partial charge in [0.05, 0.1) is 12.3 Å². The number of carbonyl (C=O) groups is 2. The molecule has 1 N–H and O–H groups in total. The molecule has 0 bridgehead atoms. The van der Waals surface area contributed by atoms with E-state index < -0.39 is 0 Å². The highest BCUT2D eigenvalue weighted by Gasteiger charge is 2.26. The fourth-order valence-electron chi connectivity index (χ4n) is 2.97. The van der Waals surface area contributed by atoms with Crippen molar-refractivity contribution in [2.24, 2.45) is 0 Å². The van der Waals surface area contributed by atoms with Crippen molar-refractivity contribution in [2.45, 2.75) is 20.3 Å². The number of rotatable bonds is 4. The molecule has 2 heterocycles. The van der Waals surface area contributed by atoms with Gasteiger partial charge >= 0.3 is 6.09 Å². The van der Waals surface area contributed by atoms with Crippen LogP contribution in [0.4, 0.5) is 4.79 Å². The number of hydrogen-bond acceptors (Lipinski definition) is 4. The summed E-state index contributed by atoms with van der Waals surface area (Å²) in [5.74, 6) is -0.0996. The lowest BCUT2D eigenvalue weighted by Gasteiger charge is -2.33. The Bertz CT molecular complexity index is 761. The zero-order valence-corrected chi connectivity index (χ0v) is 15.2. The standard InChI is InChI=1S/C19H24N4O3/c1-3-14-5-7-15(8-6-14)16-13-17(21-20-16)18(24)22-9-11-23(12-10-22)19(25)26-4-2/h5-8,13H,3-4,9-12H2,1-2H3,(H,20,21). The van der Waals surface area contributed by atoms with Crippen LogP contribution in [0.2, 0.25) is 0 Å². The Balaban J connectivity index is 1.62. The highest BCUT2D eigenvalue weighted by molar-refractivity contribution is 5.93. The Morgan fingerprint density at radius 3 is 2.35 bits per heavy atom. The number of nitrogens with one attached hydrogen (secondary N) is 1. The number of aryl methyl sites for hydroxylation is 1. The molecule has 1 aliphatic rings. The molecule has 2 aromatic rings. The first kappa shape index (κ1) is 18.0. The van der Waals surface area contributed by atoms with Crippen LogP contribution in [0.3, 0.4) is 0 Å². The van der Waals surface area contributed by atoms with Crippen LogP contribution in [0.25, 0.3) is 11.3 Å². The Morgan fingerprint density at radius 2 is 1.73 bits per heavy atom. The number of aromatic nitrogens is 2. The molecular weight excluding hydrogens is 332 g/mol. The second-order valence-corrected chi connectivity index (χ2v) is 6.20. The lowest BCUT2D eigenvalue weighted by molar-refractivity contribution is 0.0566. The van der Waals surface area contributed by atoms with Gasteiger partial charge in [0.25, 0.3) is 5.91 Å². The number of nitrogens with zero attached hydrogens (tertiary/aromatic N) is 3. The number of hydrogen-bond donors (Lipinski definition) is 1. The van der Waals surface area contributed by atoms with E-state index >= 15 is 0 Å². The van der Waals surface area contributed by atoms with Gasteiger partial charge in [-0.1, -0.05) is 31.2 Å². The van der Waals surface area contributed by atoms with Crippen LogP contribution < -0.4 is 0 Å². The van der Waals surface area contributed by atoms with E-state index in [1.165, 1.54) is 5.56 Å². The highest BCUT2D eigenvalue weighted by Crippen LogP contribution is 2.19. The van der Waals surface area contributed by atoms with Crippen LogP contribution in [-0.4, -0.2) is 64.8 Å². The van der Waals surface area contributed by atoms with Crippen molar-refractivity contribution in [2.75, 3.05) is 32.8 Å². The van der Waals surface area contributed by atoms with Gasteiger partial charge in [0.1, 0.15) is 5.69 Å². The minimum atomic E-state index is -0.320. The lowest BCUT2D eigenvalue weighted by atomic mass is 10.1. The maximum Gasteiger partial charge on any atom is 0.409 e. The predicted molar refractivity (Wildman–Crippen MR) is 97.9 cm³/mol. The molecule has 0 saturated carbocycles. The molecular formula is C19H24N4O3. The molecule has 0 atom stereocenters. The Morgan fingerprint density at radius 1 is 1.08 bits per heavy atom. The van der Waals surface area contributed by atoms with E-state index in [0.29, 0.717) is 38.5 Å². The summed E-state index contributed by atoms with van der Waals surface area (Å²) >= 11 is 0. The first-order valence-electron chi connectivity index (χ1n) is 8.98. The third-order valence-electron chi connectivity index (χ3n) is 4.56. The fourth-order valence-corrected chi connectivity index (χ4v) is 2.97. The van der Waals surface area contributed by atoms with Crippen molar-refractivity contribution >= 4 is 12.0 Å². The Hall–Kier alpha value is -2.83. The number of piperazine rings is 1. The van der Waals surface area contributed by atoms with Gasteiger partial charge in [0.15, 0.2) is 0 Å². The van der Waals surface area contributed by atoms with Gasteiger partial charge in [-0.05, 0) is 25.0 Å². The first-order valence-corrected chi connectivity index (χ1v) is 8.98. The maximum atomic E-state index is 12.7. The normalized spacial score (nSPS) is 14.4. The van der Waals surface area contributed by atoms with Crippen molar-refractivity contribution in [1.82, 2.24) is 20.0 Å². The number of carbonyl (C=O) groups excluding carboxylic acids is 2. The lowest BCUT2D eigenvalue weighted by Crippen LogP contribution is -2.50. The van der Waals surface area contributed by atoms with Gasteiger partial charge in [-0.3, -0.25) is 9.89 Å². The van der Waals surface area contributed by atoms with Crippen molar-refractivity contribution in [3.8, 4) is 11.3 Å². The fraction of sp³-hybridized carbons (Fsp3) is 0.421. The average molecular weight is 356 g/mol. The van der Waals surface area contributed by atoms with E-state index in [9.17, 15) is 9.59 Å². The minimum Gasteiger partial charge on any atom is -0.450 e. The van der Waals surface area contributed by atoms with Crippen molar-refractivity contribution in [3.63, 3.8) is 0 Å². The minimum absolute atomic E-state index is 0.0996. The summed E-state index contributed by atoms with van der Waals surface area (Å²) in [6.45, 7) is 6.17. The van der Waals surface area contributed by atoms with Gasteiger partial charge in [-0.25, -0.2) is 4.79 Å². The van der Waals surface area contributed by atoms with E-state index in [1.807, 2.05) is 12.1 Å². The topological polar surface area (TPSA) is 78.5 Å². The largest absolute Gasteiger partial charge is 0.450 e. The molecule has 7 nitrogen and oxygen atoms in total. The average Bonchev–Trinajstić information content (AvgIpc) is 3.18. The molecule has 7 heteroatoms. The SMILES string of the molecule is CCOC(=O)N1CCN(C(=O)c2cc(-c3ccc(CC)cc3)n[nH]2)CC1. The molecule has 1 saturated heterocycles. The molecule has 0 spiro atoms. The highest BCUT2D eigenvalue weighted by atomic mass is 16.6. The zero-order chi connectivity index (χ0) is 18.5. The molecule has 1 fully saturated rings. The summed E-state index contributed by atoms with van der Waals surface area (Å²) < 4.78 is 5.00. The van der Waals surface area contributed by atoms with Crippen molar-refractivity contribution < 1.29 is 14.3 Å². The maximum absolute atomic E-state index is 12.7. The van der Waals surface area contributed by atoms with Gasteiger partial charge in [0, 0.05) is 31.7 Å². The van der Waals surface area contributed by atoms with E-state index in [0.717, 1.165) is 17.7 Å². The molecule has 0 aliphatic carbocycles. The molecule has 2 amide bonds. The second kappa shape index (κ2) is 8.03. The molecule has 3 rings (SSSR count). The molecule has 1 aromatic heterocycles. The summed E-state index contributed by atoms with van der Waals surface area (Å²) in [6, 6.07) is 9.95. The summed E-state index contributed by atoms with van der Waals surface area (Å²) in [7, 11) is 0. The number of amides is 2. The third-order valence-corrected chi connectivity index (χ3v) is 4.56. The zero-order valence-electron chi connectivity index (χ0n) is 15.2. The molecule has 0 unspecified atom stereocenters. The Kier molecular flexibility index (Phi) is 5.55. The summed E-state index contributed by atoms with van der Waals surface area (Å²) in [5, 5.41) is 7.11. The number of ether oxygens (including phenoxy) is 1. The van der Waals surface area contributed by atoms with Crippen LogP contribution >= 0.6 is 0 Å². The van der Waals surface area contributed by atoms with E-state index in [-0.39, 0.29) is 12.0 Å². The quantitative estimate of drug-likeness (QED) is 0.913. The second-order valence-electron chi connectivity index (χ2n) is 6.20. The van der Waals surface area contributed by atoms with Gasteiger partial charge < -0.3 is 14.5 Å². The molecule has 26 heavy (non-hydrogen) atoms. The van der Waals surface area contributed by atoms with Crippen LogP contribution in [0.1, 0.15) is 29.9 Å². The first-order chi connectivity index (χ1) is 12.6. The molecule has 138 valence electrons. The monoisotopic (exact) mass is 356 g/mol. The van der Waals surface area contributed by atoms with Gasteiger partial charge in [-0.15, -0.1) is 0 Å². The summed E-state index contributed by atoms with van der Waals surface area (Å²) in [6.07, 6.45) is 0.668.